The molecule has 130 valence electrons. The van der Waals surface area contributed by atoms with Crippen molar-refractivity contribution in [3.63, 3.8) is 0 Å². The van der Waals surface area contributed by atoms with Crippen LogP contribution in [0.25, 0.3) is 5.57 Å². The molecule has 1 amide bonds. The van der Waals surface area contributed by atoms with E-state index in [4.69, 9.17) is 4.74 Å². The van der Waals surface area contributed by atoms with Crippen LogP contribution in [0, 0.1) is 0 Å². The van der Waals surface area contributed by atoms with E-state index < -0.39 is 0 Å². The van der Waals surface area contributed by atoms with Crippen LogP contribution in [0.15, 0.2) is 29.2 Å². The molecule has 1 aliphatic heterocycles. The number of nitrogens with one attached hydrogen (secondary N) is 1. The minimum atomic E-state index is -0.0851. The van der Waals surface area contributed by atoms with Crippen molar-refractivity contribution in [2.75, 3.05) is 32.1 Å². The predicted octanol–water partition coefficient (Wildman–Crippen LogP) is 1.84. The summed E-state index contributed by atoms with van der Waals surface area (Å²) in [7, 11) is 0. The van der Waals surface area contributed by atoms with E-state index in [1.807, 2.05) is 11.1 Å². The second kappa shape index (κ2) is 8.86. The molecule has 1 aliphatic rings. The van der Waals surface area contributed by atoms with Crippen molar-refractivity contribution in [3.05, 3.63) is 29.8 Å². The zero-order valence-electron chi connectivity index (χ0n) is 13.9. The number of thioether (sulfide) groups is 1. The molecule has 6 nitrogen and oxygen atoms in total. The van der Waals surface area contributed by atoms with Crippen LogP contribution in [0.5, 0.6) is 5.75 Å². The molecule has 0 radical (unpaired) electrons. The van der Waals surface area contributed by atoms with Gasteiger partial charge in [0.15, 0.2) is 5.78 Å². The van der Waals surface area contributed by atoms with Crippen molar-refractivity contribution in [3.8, 4) is 5.75 Å². The zero-order valence-corrected chi connectivity index (χ0v) is 14.7. The summed E-state index contributed by atoms with van der Waals surface area (Å²) in [5, 5.41) is 12.0. The summed E-state index contributed by atoms with van der Waals surface area (Å²) in [6, 6.07) is 5.20. The van der Waals surface area contributed by atoms with Crippen molar-refractivity contribution in [2.45, 2.75) is 18.7 Å². The van der Waals surface area contributed by atoms with Gasteiger partial charge in [0.05, 0.1) is 19.0 Å². The summed E-state index contributed by atoms with van der Waals surface area (Å²) >= 11 is 1.35. The Kier molecular flexibility index (Phi) is 6.84. The molecule has 1 aromatic carbocycles. The number of rotatable bonds is 6. The zero-order chi connectivity index (χ0) is 17.5. The summed E-state index contributed by atoms with van der Waals surface area (Å²) in [5.41, 5.74) is 4.17. The molecule has 1 heterocycles. The van der Waals surface area contributed by atoms with E-state index >= 15 is 0 Å². The Bertz CT molecular complexity index is 639. The molecule has 24 heavy (non-hydrogen) atoms. The standard InChI is InChI=1S/C17H22N2O4S/c1-12(9-13(2)20)15-4-3-14(10-16(15)21)24-11-17(22)18-19-5-7-23-8-6-19/h3-4,9-10,21H,5-8,11H2,1-2H3,(H,18,22). The Balaban J connectivity index is 1.90. The first-order valence-corrected chi connectivity index (χ1v) is 8.71. The van der Waals surface area contributed by atoms with E-state index in [0.29, 0.717) is 37.4 Å². The number of carbonyl (C=O) groups excluding carboxylic acids is 2. The topological polar surface area (TPSA) is 78.9 Å². The Labute approximate surface area is 145 Å². The number of ketones is 1. The second-order valence-electron chi connectivity index (χ2n) is 5.54. The van der Waals surface area contributed by atoms with Gasteiger partial charge in [-0.25, -0.2) is 5.01 Å². The Hall–Kier alpha value is -1.83. The van der Waals surface area contributed by atoms with Crippen LogP contribution < -0.4 is 5.43 Å². The number of hydrogen-bond donors (Lipinski definition) is 2. The van der Waals surface area contributed by atoms with Gasteiger partial charge in [-0.15, -0.1) is 11.8 Å². The molecule has 0 atom stereocenters. The largest absolute Gasteiger partial charge is 0.507 e. The summed E-state index contributed by atoms with van der Waals surface area (Å²) in [6.45, 7) is 5.87. The van der Waals surface area contributed by atoms with Gasteiger partial charge in [0.25, 0.3) is 0 Å². The van der Waals surface area contributed by atoms with E-state index in [-0.39, 0.29) is 23.2 Å². The van der Waals surface area contributed by atoms with Crippen molar-refractivity contribution in [1.29, 1.82) is 0 Å². The first-order chi connectivity index (χ1) is 11.5. The lowest BCUT2D eigenvalue weighted by atomic mass is 10.1. The summed E-state index contributed by atoms with van der Waals surface area (Å²) in [6.07, 6.45) is 1.48. The van der Waals surface area contributed by atoms with Crippen LogP contribution in [0.1, 0.15) is 19.4 Å². The summed E-state index contributed by atoms with van der Waals surface area (Å²) in [4.78, 5) is 23.9. The molecule has 1 saturated heterocycles. The third-order valence-corrected chi connectivity index (χ3v) is 4.47. The first-order valence-electron chi connectivity index (χ1n) is 7.73. The predicted molar refractivity (Wildman–Crippen MR) is 93.7 cm³/mol. The Morgan fingerprint density at radius 1 is 1.33 bits per heavy atom. The van der Waals surface area contributed by atoms with E-state index in [0.717, 1.165) is 4.90 Å². The van der Waals surface area contributed by atoms with Gasteiger partial charge in [0.2, 0.25) is 5.91 Å². The van der Waals surface area contributed by atoms with Gasteiger partial charge in [0.1, 0.15) is 5.75 Å². The summed E-state index contributed by atoms with van der Waals surface area (Å²) in [5.74, 6) is 0.213. The van der Waals surface area contributed by atoms with Crippen LogP contribution in [0.2, 0.25) is 0 Å². The molecule has 2 N–H and O–H groups in total. The van der Waals surface area contributed by atoms with Gasteiger partial charge in [-0.3, -0.25) is 15.0 Å². The fourth-order valence-electron chi connectivity index (χ4n) is 2.35. The first kappa shape index (κ1) is 18.5. The maximum Gasteiger partial charge on any atom is 0.244 e. The maximum absolute atomic E-state index is 11.9. The minimum absolute atomic E-state index is 0.0647. The number of benzene rings is 1. The van der Waals surface area contributed by atoms with E-state index in [1.54, 1.807) is 19.1 Å². The lowest BCUT2D eigenvalue weighted by Crippen LogP contribution is -2.48. The van der Waals surface area contributed by atoms with E-state index in [1.165, 1.54) is 24.8 Å². The number of phenols is 1. The Morgan fingerprint density at radius 3 is 2.67 bits per heavy atom. The van der Waals surface area contributed by atoms with Crippen LogP contribution in [0.4, 0.5) is 0 Å². The smallest absolute Gasteiger partial charge is 0.244 e. The lowest BCUT2D eigenvalue weighted by Gasteiger charge is -2.26. The second-order valence-corrected chi connectivity index (χ2v) is 6.59. The molecule has 2 rings (SSSR count). The van der Waals surface area contributed by atoms with Gasteiger partial charge in [0, 0.05) is 23.5 Å². The highest BCUT2D eigenvalue weighted by molar-refractivity contribution is 8.00. The average Bonchev–Trinajstić information content (AvgIpc) is 2.53. The summed E-state index contributed by atoms with van der Waals surface area (Å²) < 4.78 is 5.23. The van der Waals surface area contributed by atoms with Crippen LogP contribution in [-0.4, -0.2) is 53.9 Å². The van der Waals surface area contributed by atoms with E-state index in [9.17, 15) is 14.7 Å². The molecule has 1 fully saturated rings. The molecule has 0 spiro atoms. The minimum Gasteiger partial charge on any atom is -0.507 e. The molecular formula is C17H22N2O4S. The third kappa shape index (κ3) is 5.67. The maximum atomic E-state index is 11.9. The fourth-order valence-corrected chi connectivity index (χ4v) is 3.07. The normalized spacial score (nSPS) is 16.0. The third-order valence-electron chi connectivity index (χ3n) is 3.48. The SMILES string of the molecule is CC(=O)C=C(C)c1ccc(SCC(=O)NN2CCOCC2)cc1O. The fraction of sp³-hybridized carbons (Fsp3) is 0.412. The van der Waals surface area contributed by atoms with Crippen LogP contribution in [0.3, 0.4) is 0 Å². The highest BCUT2D eigenvalue weighted by atomic mass is 32.2. The number of aromatic hydroxyl groups is 1. The molecule has 0 bridgehead atoms. The van der Waals surface area contributed by atoms with Crippen LogP contribution >= 0.6 is 11.8 Å². The molecule has 0 unspecified atom stereocenters. The molecule has 0 saturated carbocycles. The van der Waals surface area contributed by atoms with E-state index in [2.05, 4.69) is 5.43 Å². The number of ether oxygens (including phenoxy) is 1. The van der Waals surface area contributed by atoms with Gasteiger partial charge >= 0.3 is 0 Å². The number of carbonyl (C=O) groups is 2. The molecular weight excluding hydrogens is 328 g/mol. The molecule has 0 aromatic heterocycles. The van der Waals surface area contributed by atoms with Gasteiger partial charge in [-0.05, 0) is 43.7 Å². The number of phenolic OH excluding ortho intramolecular Hbond substituents is 1. The van der Waals surface area contributed by atoms with Gasteiger partial charge in [-0.1, -0.05) is 0 Å². The number of hydrazine groups is 1. The highest BCUT2D eigenvalue weighted by Gasteiger charge is 2.13. The van der Waals surface area contributed by atoms with Crippen LogP contribution in [-0.2, 0) is 14.3 Å². The highest BCUT2D eigenvalue weighted by Crippen LogP contribution is 2.30. The van der Waals surface area contributed by atoms with Crippen molar-refractivity contribution in [1.82, 2.24) is 10.4 Å². The average molecular weight is 350 g/mol. The number of morpholine rings is 1. The monoisotopic (exact) mass is 350 g/mol. The molecule has 1 aromatic rings. The number of hydrogen-bond acceptors (Lipinski definition) is 6. The Morgan fingerprint density at radius 2 is 2.04 bits per heavy atom. The van der Waals surface area contributed by atoms with Crippen molar-refractivity contribution >= 4 is 29.0 Å². The number of allylic oxidation sites excluding steroid dienone is 2. The van der Waals surface area contributed by atoms with Gasteiger partial charge < -0.3 is 9.84 Å². The molecule has 0 aliphatic carbocycles. The number of amides is 1. The van der Waals surface area contributed by atoms with Crippen molar-refractivity contribution < 1.29 is 19.4 Å². The van der Waals surface area contributed by atoms with Gasteiger partial charge in [-0.2, -0.15) is 0 Å². The number of nitrogens with zero attached hydrogens (tertiary/aromatic N) is 1. The lowest BCUT2D eigenvalue weighted by molar-refractivity contribution is -0.125. The quantitative estimate of drug-likeness (QED) is 0.602. The molecule has 7 heteroatoms. The van der Waals surface area contributed by atoms with Crippen molar-refractivity contribution in [2.24, 2.45) is 0 Å².